The number of nitrogens with one attached hydrogen (secondary N) is 1. The average Bonchev–Trinajstić information content (AvgIpc) is 3.57. The highest BCUT2D eigenvalue weighted by Gasteiger charge is 2.42. The monoisotopic (exact) mass is 399 g/mol. The SMILES string of the molecule is O=C(O)CCC(Cc1ccccc1)NC(=O)N1CCC2C(CCCN2C2CC2)C1. The van der Waals surface area contributed by atoms with E-state index in [4.69, 9.17) is 5.11 Å². The minimum Gasteiger partial charge on any atom is -0.481 e. The van der Waals surface area contributed by atoms with E-state index in [0.717, 1.165) is 31.1 Å². The van der Waals surface area contributed by atoms with Crippen LogP contribution in [0.5, 0.6) is 0 Å². The fourth-order valence-corrected chi connectivity index (χ4v) is 5.17. The van der Waals surface area contributed by atoms with Gasteiger partial charge >= 0.3 is 12.0 Å². The summed E-state index contributed by atoms with van der Waals surface area (Å²) in [7, 11) is 0. The number of carboxylic acids is 1. The molecule has 1 aromatic carbocycles. The first-order valence-electron chi connectivity index (χ1n) is 11.2. The molecule has 0 aromatic heterocycles. The number of carboxylic acid groups (broad SMARTS) is 1. The number of rotatable bonds is 7. The molecule has 0 spiro atoms. The molecule has 2 amide bonds. The maximum absolute atomic E-state index is 13.0. The highest BCUT2D eigenvalue weighted by molar-refractivity contribution is 5.75. The molecular formula is C23H33N3O3. The maximum Gasteiger partial charge on any atom is 0.317 e. The Labute approximate surface area is 173 Å². The number of carbonyl (C=O) groups is 2. The lowest BCUT2D eigenvalue weighted by atomic mass is 9.83. The summed E-state index contributed by atoms with van der Waals surface area (Å²) in [5.74, 6) is -0.240. The number of urea groups is 1. The van der Waals surface area contributed by atoms with Gasteiger partial charge in [0.15, 0.2) is 0 Å². The predicted molar refractivity (Wildman–Crippen MR) is 112 cm³/mol. The highest BCUT2D eigenvalue weighted by atomic mass is 16.4. The second-order valence-corrected chi connectivity index (χ2v) is 8.94. The van der Waals surface area contributed by atoms with E-state index in [9.17, 15) is 9.59 Å². The molecule has 1 aromatic rings. The Balaban J connectivity index is 1.34. The van der Waals surface area contributed by atoms with E-state index < -0.39 is 5.97 Å². The molecule has 1 saturated carbocycles. The van der Waals surface area contributed by atoms with Gasteiger partial charge in [-0.3, -0.25) is 9.69 Å². The van der Waals surface area contributed by atoms with Crippen LogP contribution in [0, 0.1) is 5.92 Å². The fourth-order valence-electron chi connectivity index (χ4n) is 5.17. The van der Waals surface area contributed by atoms with Gasteiger partial charge in [-0.25, -0.2) is 4.79 Å². The molecule has 2 saturated heterocycles. The molecule has 2 aliphatic heterocycles. The van der Waals surface area contributed by atoms with Crippen LogP contribution in [0.25, 0.3) is 0 Å². The van der Waals surface area contributed by atoms with Crippen molar-refractivity contribution in [2.24, 2.45) is 5.92 Å². The lowest BCUT2D eigenvalue weighted by Crippen LogP contribution is -2.58. The van der Waals surface area contributed by atoms with Gasteiger partial charge < -0.3 is 15.3 Å². The number of nitrogens with zero attached hydrogens (tertiary/aromatic N) is 2. The first-order valence-corrected chi connectivity index (χ1v) is 11.2. The molecule has 158 valence electrons. The summed E-state index contributed by atoms with van der Waals surface area (Å²) in [6.07, 6.45) is 7.38. The van der Waals surface area contributed by atoms with E-state index in [-0.39, 0.29) is 18.5 Å². The quantitative estimate of drug-likeness (QED) is 0.739. The summed E-state index contributed by atoms with van der Waals surface area (Å²) < 4.78 is 0. The Kier molecular flexibility index (Phi) is 6.38. The third kappa shape index (κ3) is 5.30. The number of likely N-dealkylation sites (tertiary alicyclic amines) is 2. The zero-order valence-corrected chi connectivity index (χ0v) is 17.1. The van der Waals surface area contributed by atoms with Crippen molar-refractivity contribution in [1.29, 1.82) is 0 Å². The van der Waals surface area contributed by atoms with Crippen molar-refractivity contribution in [3.63, 3.8) is 0 Å². The molecular weight excluding hydrogens is 366 g/mol. The second kappa shape index (κ2) is 9.16. The summed E-state index contributed by atoms with van der Waals surface area (Å²) in [5, 5.41) is 12.2. The van der Waals surface area contributed by atoms with Gasteiger partial charge in [0, 0.05) is 37.6 Å². The van der Waals surface area contributed by atoms with Gasteiger partial charge in [-0.2, -0.15) is 0 Å². The van der Waals surface area contributed by atoms with Crippen molar-refractivity contribution in [2.45, 2.75) is 69.5 Å². The summed E-state index contributed by atoms with van der Waals surface area (Å²) in [6.45, 7) is 2.86. The lowest BCUT2D eigenvalue weighted by molar-refractivity contribution is -0.137. The molecule has 1 aliphatic carbocycles. The molecule has 29 heavy (non-hydrogen) atoms. The number of benzene rings is 1. The van der Waals surface area contributed by atoms with E-state index in [1.165, 1.54) is 32.2 Å². The molecule has 3 fully saturated rings. The van der Waals surface area contributed by atoms with Gasteiger partial charge in [-0.05, 0) is 63.0 Å². The molecule has 3 aliphatic rings. The van der Waals surface area contributed by atoms with Gasteiger partial charge in [0.2, 0.25) is 0 Å². The lowest BCUT2D eigenvalue weighted by Gasteiger charge is -2.47. The fraction of sp³-hybridized carbons (Fsp3) is 0.652. The van der Waals surface area contributed by atoms with Gasteiger partial charge in [0.25, 0.3) is 0 Å². The molecule has 2 heterocycles. The zero-order valence-electron chi connectivity index (χ0n) is 17.1. The Morgan fingerprint density at radius 3 is 2.62 bits per heavy atom. The summed E-state index contributed by atoms with van der Waals surface area (Å²) in [6, 6.07) is 11.2. The largest absolute Gasteiger partial charge is 0.481 e. The standard InChI is InChI=1S/C23H33N3O3/c27-22(28)11-8-19(15-17-5-2-1-3-6-17)24-23(29)25-14-12-21-18(16-25)7-4-13-26(21)20-9-10-20/h1-3,5-6,18-21H,4,7-16H2,(H,24,29)(H,27,28). The van der Waals surface area contributed by atoms with Crippen molar-refractivity contribution < 1.29 is 14.7 Å². The maximum atomic E-state index is 13.0. The molecule has 3 atom stereocenters. The van der Waals surface area contributed by atoms with Crippen molar-refractivity contribution in [3.05, 3.63) is 35.9 Å². The van der Waals surface area contributed by atoms with Crippen LogP contribution < -0.4 is 5.32 Å². The average molecular weight is 400 g/mol. The molecule has 0 radical (unpaired) electrons. The number of carbonyl (C=O) groups excluding carboxylic acids is 1. The van der Waals surface area contributed by atoms with Crippen molar-refractivity contribution in [3.8, 4) is 0 Å². The number of hydrogen-bond donors (Lipinski definition) is 2. The van der Waals surface area contributed by atoms with Gasteiger partial charge in [0.05, 0.1) is 0 Å². The van der Waals surface area contributed by atoms with Crippen LogP contribution >= 0.6 is 0 Å². The Bertz CT molecular complexity index is 707. The van der Waals surface area contributed by atoms with Crippen LogP contribution in [-0.2, 0) is 11.2 Å². The van der Waals surface area contributed by atoms with Crippen LogP contribution in [0.15, 0.2) is 30.3 Å². The Hall–Kier alpha value is -2.08. The topological polar surface area (TPSA) is 72.9 Å². The molecule has 0 bridgehead atoms. The number of piperidine rings is 2. The summed E-state index contributed by atoms with van der Waals surface area (Å²) in [5.41, 5.74) is 1.12. The first kappa shape index (κ1) is 20.2. The van der Waals surface area contributed by atoms with Crippen LogP contribution in [0.3, 0.4) is 0 Å². The molecule has 3 unspecified atom stereocenters. The van der Waals surface area contributed by atoms with Crippen molar-refractivity contribution in [1.82, 2.24) is 15.1 Å². The van der Waals surface area contributed by atoms with Gasteiger partial charge in [-0.1, -0.05) is 30.3 Å². The summed E-state index contributed by atoms with van der Waals surface area (Å²) in [4.78, 5) is 28.7. The van der Waals surface area contributed by atoms with E-state index >= 15 is 0 Å². The smallest absolute Gasteiger partial charge is 0.317 e. The van der Waals surface area contributed by atoms with Crippen LogP contribution in [0.4, 0.5) is 4.79 Å². The van der Waals surface area contributed by atoms with Gasteiger partial charge in [-0.15, -0.1) is 0 Å². The highest BCUT2D eigenvalue weighted by Crippen LogP contribution is 2.38. The second-order valence-electron chi connectivity index (χ2n) is 8.94. The van der Waals surface area contributed by atoms with Crippen LogP contribution in [0.2, 0.25) is 0 Å². The van der Waals surface area contributed by atoms with E-state index in [0.29, 0.717) is 24.8 Å². The molecule has 4 rings (SSSR count). The number of fused-ring (bicyclic) bond motifs is 1. The normalized spacial score (nSPS) is 25.9. The Morgan fingerprint density at radius 1 is 1.10 bits per heavy atom. The minimum absolute atomic E-state index is 0.0293. The third-order valence-corrected chi connectivity index (χ3v) is 6.77. The minimum atomic E-state index is -0.819. The van der Waals surface area contributed by atoms with Crippen LogP contribution in [0.1, 0.15) is 50.5 Å². The summed E-state index contributed by atoms with van der Waals surface area (Å²) >= 11 is 0. The van der Waals surface area contributed by atoms with Crippen molar-refractivity contribution in [2.75, 3.05) is 19.6 Å². The molecule has 6 heteroatoms. The number of amides is 2. The first-order chi connectivity index (χ1) is 14.1. The molecule has 6 nitrogen and oxygen atoms in total. The van der Waals surface area contributed by atoms with E-state index in [2.05, 4.69) is 10.2 Å². The van der Waals surface area contributed by atoms with Crippen molar-refractivity contribution >= 4 is 12.0 Å². The number of hydrogen-bond acceptors (Lipinski definition) is 3. The van der Waals surface area contributed by atoms with Crippen LogP contribution in [-0.4, -0.2) is 64.7 Å². The van der Waals surface area contributed by atoms with E-state index in [1.807, 2.05) is 35.2 Å². The number of aliphatic carboxylic acids is 1. The predicted octanol–water partition coefficient (Wildman–Crippen LogP) is 3.12. The van der Waals surface area contributed by atoms with Gasteiger partial charge in [0.1, 0.15) is 0 Å². The zero-order chi connectivity index (χ0) is 20.2. The Morgan fingerprint density at radius 2 is 1.90 bits per heavy atom. The van der Waals surface area contributed by atoms with E-state index in [1.54, 1.807) is 0 Å². The third-order valence-electron chi connectivity index (χ3n) is 6.77. The molecule has 2 N–H and O–H groups in total.